The van der Waals surface area contributed by atoms with Crippen LogP contribution in [0.15, 0.2) is 67.0 Å². The molecule has 0 saturated carbocycles. The highest BCUT2D eigenvalue weighted by Crippen LogP contribution is 2.33. The Labute approximate surface area is 152 Å². The molecule has 0 amide bonds. The summed E-state index contributed by atoms with van der Waals surface area (Å²) < 4.78 is 0. The van der Waals surface area contributed by atoms with Crippen LogP contribution in [0.5, 0.6) is 0 Å². The van der Waals surface area contributed by atoms with Gasteiger partial charge in [-0.3, -0.25) is 15.0 Å². The highest BCUT2D eigenvalue weighted by molar-refractivity contribution is 5.96. The van der Waals surface area contributed by atoms with Crippen molar-refractivity contribution >= 4 is 10.8 Å². The molecule has 0 bridgehead atoms. The van der Waals surface area contributed by atoms with E-state index in [4.69, 9.17) is 5.10 Å². The normalized spacial score (nSPS) is 14.5. The first-order chi connectivity index (χ1) is 12.9. The first kappa shape index (κ1) is 15.3. The van der Waals surface area contributed by atoms with Crippen LogP contribution in [0.3, 0.4) is 0 Å². The molecule has 128 valence electrons. The van der Waals surface area contributed by atoms with E-state index in [-0.39, 0.29) is 0 Å². The standard InChI is InChI=1S/C22H20N4/c1-2-8-18-17(6-1)7-3-9-19(18)22-20-15-26(12-10-21(20)24-25-22)14-16-5-4-11-23-13-16/h1-9,11,13H,10,12,14-15H2,(H,24,25). The fourth-order valence-corrected chi connectivity index (χ4v) is 3.89. The number of benzene rings is 2. The van der Waals surface area contributed by atoms with Gasteiger partial charge in [0.25, 0.3) is 0 Å². The maximum absolute atomic E-state index is 4.70. The first-order valence-corrected chi connectivity index (χ1v) is 9.04. The maximum Gasteiger partial charge on any atom is 0.0974 e. The Kier molecular flexibility index (Phi) is 3.76. The fraction of sp³-hybridized carbons (Fsp3) is 0.182. The summed E-state index contributed by atoms with van der Waals surface area (Å²) in [4.78, 5) is 6.71. The van der Waals surface area contributed by atoms with Crippen molar-refractivity contribution in [1.29, 1.82) is 0 Å². The molecule has 1 N–H and O–H groups in total. The Bertz CT molecular complexity index is 1050. The highest BCUT2D eigenvalue weighted by Gasteiger charge is 2.23. The lowest BCUT2D eigenvalue weighted by Gasteiger charge is -2.27. The number of fused-ring (bicyclic) bond motifs is 2. The minimum absolute atomic E-state index is 0.916. The quantitative estimate of drug-likeness (QED) is 0.608. The van der Waals surface area contributed by atoms with Crippen LogP contribution in [0.25, 0.3) is 22.0 Å². The number of H-pyrrole nitrogens is 1. The molecule has 2 aromatic carbocycles. The number of hydrogen-bond donors (Lipinski definition) is 1. The van der Waals surface area contributed by atoms with Crippen molar-refractivity contribution in [3.05, 3.63) is 83.8 Å². The van der Waals surface area contributed by atoms with Gasteiger partial charge in [0.2, 0.25) is 0 Å². The summed E-state index contributed by atoms with van der Waals surface area (Å²) in [5.41, 5.74) is 6.16. The Hall–Kier alpha value is -2.98. The van der Waals surface area contributed by atoms with Crippen LogP contribution in [-0.2, 0) is 19.5 Å². The Morgan fingerprint density at radius 1 is 1.00 bits per heavy atom. The molecule has 4 nitrogen and oxygen atoms in total. The summed E-state index contributed by atoms with van der Waals surface area (Å²) in [7, 11) is 0. The largest absolute Gasteiger partial charge is 0.294 e. The molecule has 1 aliphatic heterocycles. The van der Waals surface area contributed by atoms with Crippen LogP contribution in [0.2, 0.25) is 0 Å². The second kappa shape index (κ2) is 6.39. The van der Waals surface area contributed by atoms with E-state index in [9.17, 15) is 0 Å². The van der Waals surface area contributed by atoms with Crippen molar-refractivity contribution in [2.45, 2.75) is 19.5 Å². The molecule has 1 aliphatic rings. The van der Waals surface area contributed by atoms with Crippen LogP contribution in [0, 0.1) is 0 Å². The number of pyridine rings is 1. The number of rotatable bonds is 3. The molecule has 0 unspecified atom stereocenters. The zero-order chi connectivity index (χ0) is 17.3. The van der Waals surface area contributed by atoms with E-state index in [0.717, 1.165) is 31.7 Å². The van der Waals surface area contributed by atoms with Gasteiger partial charge in [-0.25, -0.2) is 0 Å². The highest BCUT2D eigenvalue weighted by atomic mass is 15.2. The fourth-order valence-electron chi connectivity index (χ4n) is 3.89. The molecule has 0 radical (unpaired) electrons. The predicted octanol–water partition coefficient (Wildman–Crippen LogP) is 4.18. The van der Waals surface area contributed by atoms with Crippen molar-refractivity contribution in [3.8, 4) is 11.3 Å². The van der Waals surface area contributed by atoms with Crippen LogP contribution in [0.4, 0.5) is 0 Å². The van der Waals surface area contributed by atoms with Crippen molar-refractivity contribution < 1.29 is 0 Å². The van der Waals surface area contributed by atoms with Gasteiger partial charge in [-0.15, -0.1) is 0 Å². The van der Waals surface area contributed by atoms with Gasteiger partial charge < -0.3 is 0 Å². The van der Waals surface area contributed by atoms with Crippen LogP contribution in [-0.4, -0.2) is 26.6 Å². The first-order valence-electron chi connectivity index (χ1n) is 9.04. The second-order valence-electron chi connectivity index (χ2n) is 6.88. The lowest BCUT2D eigenvalue weighted by atomic mass is 9.96. The van der Waals surface area contributed by atoms with Crippen LogP contribution >= 0.6 is 0 Å². The SMILES string of the molecule is c1cncc(CN2CCc3[nH]nc(-c4cccc5ccccc45)c3C2)c1. The molecule has 5 rings (SSSR count). The lowest BCUT2D eigenvalue weighted by molar-refractivity contribution is 0.245. The second-order valence-corrected chi connectivity index (χ2v) is 6.88. The van der Waals surface area contributed by atoms with E-state index < -0.39 is 0 Å². The zero-order valence-electron chi connectivity index (χ0n) is 14.5. The zero-order valence-corrected chi connectivity index (χ0v) is 14.5. The average molecular weight is 340 g/mol. The van der Waals surface area contributed by atoms with Gasteiger partial charge in [0.05, 0.1) is 5.69 Å². The molecule has 0 atom stereocenters. The topological polar surface area (TPSA) is 44.8 Å². The van der Waals surface area contributed by atoms with Gasteiger partial charge in [0, 0.05) is 55.3 Å². The molecule has 2 aromatic heterocycles. The van der Waals surface area contributed by atoms with Crippen molar-refractivity contribution in [3.63, 3.8) is 0 Å². The van der Waals surface area contributed by atoms with Crippen molar-refractivity contribution in [1.82, 2.24) is 20.1 Å². The molecule has 26 heavy (non-hydrogen) atoms. The number of aromatic nitrogens is 3. The minimum Gasteiger partial charge on any atom is -0.294 e. The van der Waals surface area contributed by atoms with Gasteiger partial charge in [0.15, 0.2) is 0 Å². The Morgan fingerprint density at radius 3 is 2.85 bits per heavy atom. The maximum atomic E-state index is 4.70. The molecule has 4 aromatic rings. The molecule has 0 aliphatic carbocycles. The summed E-state index contributed by atoms with van der Waals surface area (Å²) >= 11 is 0. The van der Waals surface area contributed by atoms with Crippen molar-refractivity contribution in [2.24, 2.45) is 0 Å². The Morgan fingerprint density at radius 2 is 1.92 bits per heavy atom. The van der Waals surface area contributed by atoms with Gasteiger partial charge >= 0.3 is 0 Å². The number of aromatic amines is 1. The minimum atomic E-state index is 0.916. The van der Waals surface area contributed by atoms with E-state index in [1.807, 2.05) is 18.5 Å². The summed E-state index contributed by atoms with van der Waals surface area (Å²) in [6.07, 6.45) is 4.79. The van der Waals surface area contributed by atoms with Crippen LogP contribution < -0.4 is 0 Å². The van der Waals surface area contributed by atoms with Gasteiger partial charge in [-0.2, -0.15) is 5.10 Å². The number of nitrogens with one attached hydrogen (secondary N) is 1. The molecule has 0 saturated heterocycles. The van der Waals surface area contributed by atoms with E-state index in [1.165, 1.54) is 33.2 Å². The molecule has 0 spiro atoms. The third-order valence-electron chi connectivity index (χ3n) is 5.19. The number of hydrogen-bond acceptors (Lipinski definition) is 3. The van der Waals surface area contributed by atoms with Crippen LogP contribution in [0.1, 0.15) is 16.8 Å². The van der Waals surface area contributed by atoms with E-state index >= 15 is 0 Å². The van der Waals surface area contributed by atoms with Gasteiger partial charge in [-0.05, 0) is 22.4 Å². The summed E-state index contributed by atoms with van der Waals surface area (Å²) in [6.45, 7) is 2.88. The van der Waals surface area contributed by atoms with E-state index in [1.54, 1.807) is 0 Å². The molecule has 4 heteroatoms. The monoisotopic (exact) mass is 340 g/mol. The summed E-state index contributed by atoms with van der Waals surface area (Å²) in [5, 5.41) is 10.5. The molecule has 0 fully saturated rings. The van der Waals surface area contributed by atoms with Crippen molar-refractivity contribution in [2.75, 3.05) is 6.54 Å². The lowest BCUT2D eigenvalue weighted by Crippen LogP contribution is -2.30. The van der Waals surface area contributed by atoms with E-state index in [0.29, 0.717) is 0 Å². The van der Waals surface area contributed by atoms with Gasteiger partial charge in [-0.1, -0.05) is 48.5 Å². The third kappa shape index (κ3) is 2.68. The summed E-state index contributed by atoms with van der Waals surface area (Å²) in [5.74, 6) is 0. The summed E-state index contributed by atoms with van der Waals surface area (Å²) in [6, 6.07) is 19.1. The molecular weight excluding hydrogens is 320 g/mol. The predicted molar refractivity (Wildman–Crippen MR) is 104 cm³/mol. The molecule has 3 heterocycles. The van der Waals surface area contributed by atoms with E-state index in [2.05, 4.69) is 63.5 Å². The third-order valence-corrected chi connectivity index (χ3v) is 5.19. The Balaban J connectivity index is 1.51. The average Bonchev–Trinajstić information content (AvgIpc) is 3.11. The van der Waals surface area contributed by atoms with Gasteiger partial charge in [0.1, 0.15) is 0 Å². The number of nitrogens with zero attached hydrogens (tertiary/aromatic N) is 3. The molecular formula is C22H20N4. The smallest absolute Gasteiger partial charge is 0.0974 e.